The molecule has 1 aliphatic heterocycles. The third kappa shape index (κ3) is 4.74. The Balaban J connectivity index is 0.964. The van der Waals surface area contributed by atoms with Gasteiger partial charge in [0.1, 0.15) is 0 Å². The van der Waals surface area contributed by atoms with E-state index in [9.17, 15) is 0 Å². The van der Waals surface area contributed by atoms with Gasteiger partial charge in [0.05, 0.1) is 11.1 Å². The highest BCUT2D eigenvalue weighted by Gasteiger charge is 2.52. The number of hydrogen-bond donors (Lipinski definition) is 0. The van der Waals surface area contributed by atoms with Crippen molar-refractivity contribution in [3.05, 3.63) is 235 Å². The number of para-hydroxylation sites is 2. The van der Waals surface area contributed by atoms with Gasteiger partial charge in [-0.1, -0.05) is 164 Å². The van der Waals surface area contributed by atoms with E-state index in [2.05, 4.69) is 199 Å². The van der Waals surface area contributed by atoms with Gasteiger partial charge in [-0.15, -0.1) is 0 Å². The average Bonchev–Trinajstić information content (AvgIpc) is 3.75. The fourth-order valence-electron chi connectivity index (χ4n) is 9.64. The first-order valence-corrected chi connectivity index (χ1v) is 19.8. The first-order chi connectivity index (χ1) is 28.8. The van der Waals surface area contributed by atoms with Crippen LogP contribution in [0.15, 0.2) is 212 Å². The van der Waals surface area contributed by atoms with Gasteiger partial charge in [0.25, 0.3) is 0 Å². The molecule has 0 saturated heterocycles. The Morgan fingerprint density at radius 1 is 0.310 bits per heavy atom. The lowest BCUT2D eigenvalue weighted by Crippen LogP contribution is -2.25. The fourth-order valence-corrected chi connectivity index (χ4v) is 9.64. The standard InChI is InChI=1S/C55H35NO2/c1-3-14-36(15-4-1)37-26-28-38(29-27-37)39-30-32-41(33-31-39)56(40-16-5-2-6-17-40)50-24-13-25-51-54(50)58-53-35-49-45(34-52(53)57-51)44-20-9-12-23-48(44)55(49)46-21-10-7-18-42(46)43-19-8-11-22-47(43)55/h1-35H. The summed E-state index contributed by atoms with van der Waals surface area (Å²) >= 11 is 0. The minimum absolute atomic E-state index is 0.475. The topological polar surface area (TPSA) is 21.7 Å². The number of anilines is 3. The molecule has 0 saturated carbocycles. The van der Waals surface area contributed by atoms with Crippen LogP contribution in [0.2, 0.25) is 0 Å². The molecule has 2 aliphatic carbocycles. The summed E-state index contributed by atoms with van der Waals surface area (Å²) in [5.41, 5.74) is 17.2. The molecule has 272 valence electrons. The van der Waals surface area contributed by atoms with Crippen molar-refractivity contribution in [3.8, 4) is 67.5 Å². The second-order valence-corrected chi connectivity index (χ2v) is 15.2. The van der Waals surface area contributed by atoms with Crippen LogP contribution >= 0.6 is 0 Å². The maximum Gasteiger partial charge on any atom is 0.194 e. The predicted octanol–water partition coefficient (Wildman–Crippen LogP) is 14.7. The van der Waals surface area contributed by atoms with E-state index in [1.807, 2.05) is 18.2 Å². The van der Waals surface area contributed by atoms with Crippen molar-refractivity contribution in [2.45, 2.75) is 5.41 Å². The highest BCUT2D eigenvalue weighted by molar-refractivity contribution is 5.96. The van der Waals surface area contributed by atoms with Gasteiger partial charge < -0.3 is 14.4 Å². The average molecular weight is 742 g/mol. The van der Waals surface area contributed by atoms with Crippen LogP contribution in [0.3, 0.4) is 0 Å². The summed E-state index contributed by atoms with van der Waals surface area (Å²) in [5, 5.41) is 0. The molecule has 9 aromatic carbocycles. The van der Waals surface area contributed by atoms with E-state index in [4.69, 9.17) is 9.47 Å². The van der Waals surface area contributed by atoms with Crippen LogP contribution in [-0.2, 0) is 5.41 Å². The zero-order valence-electron chi connectivity index (χ0n) is 31.5. The fraction of sp³-hybridized carbons (Fsp3) is 0.0182. The number of ether oxygens (including phenoxy) is 2. The van der Waals surface area contributed by atoms with Gasteiger partial charge in [-0.2, -0.15) is 0 Å². The van der Waals surface area contributed by atoms with Crippen molar-refractivity contribution in [3.63, 3.8) is 0 Å². The summed E-state index contributed by atoms with van der Waals surface area (Å²) in [6, 6.07) is 75.7. The van der Waals surface area contributed by atoms with Crippen molar-refractivity contribution in [2.75, 3.05) is 4.90 Å². The molecule has 3 nitrogen and oxygen atoms in total. The molecule has 0 amide bonds. The molecule has 0 bridgehead atoms. The lowest BCUT2D eigenvalue weighted by molar-refractivity contribution is 0.360. The van der Waals surface area contributed by atoms with E-state index in [0.717, 1.165) is 22.6 Å². The lowest BCUT2D eigenvalue weighted by Gasteiger charge is -2.32. The van der Waals surface area contributed by atoms with E-state index in [1.165, 1.54) is 61.2 Å². The minimum atomic E-state index is -0.475. The van der Waals surface area contributed by atoms with Crippen LogP contribution in [0.25, 0.3) is 44.5 Å². The van der Waals surface area contributed by atoms with Crippen molar-refractivity contribution in [1.29, 1.82) is 0 Å². The van der Waals surface area contributed by atoms with Crippen LogP contribution in [0.1, 0.15) is 22.3 Å². The van der Waals surface area contributed by atoms with Crippen molar-refractivity contribution in [1.82, 2.24) is 0 Å². The normalized spacial score (nSPS) is 13.2. The molecule has 12 rings (SSSR count). The molecular formula is C55H35NO2. The van der Waals surface area contributed by atoms with Gasteiger partial charge in [-0.05, 0) is 115 Å². The molecule has 0 radical (unpaired) electrons. The van der Waals surface area contributed by atoms with E-state index < -0.39 is 5.41 Å². The summed E-state index contributed by atoms with van der Waals surface area (Å²) in [5.74, 6) is 2.77. The molecule has 3 aliphatic rings. The monoisotopic (exact) mass is 741 g/mol. The molecule has 3 heteroatoms. The number of benzene rings is 9. The van der Waals surface area contributed by atoms with Crippen molar-refractivity contribution < 1.29 is 9.47 Å². The van der Waals surface area contributed by atoms with Crippen LogP contribution in [0.4, 0.5) is 17.1 Å². The molecule has 0 aromatic heterocycles. The Labute approximate surface area is 337 Å². The van der Waals surface area contributed by atoms with E-state index >= 15 is 0 Å². The predicted molar refractivity (Wildman–Crippen MR) is 235 cm³/mol. The highest BCUT2D eigenvalue weighted by Crippen LogP contribution is 2.65. The zero-order chi connectivity index (χ0) is 38.2. The third-order valence-corrected chi connectivity index (χ3v) is 12.2. The number of nitrogens with zero attached hydrogens (tertiary/aromatic N) is 1. The molecule has 1 spiro atoms. The summed E-state index contributed by atoms with van der Waals surface area (Å²) < 4.78 is 13.9. The van der Waals surface area contributed by atoms with E-state index in [0.29, 0.717) is 23.0 Å². The van der Waals surface area contributed by atoms with Crippen LogP contribution < -0.4 is 14.4 Å². The zero-order valence-corrected chi connectivity index (χ0v) is 31.5. The first-order valence-electron chi connectivity index (χ1n) is 19.8. The number of rotatable bonds is 5. The second kappa shape index (κ2) is 12.7. The van der Waals surface area contributed by atoms with Gasteiger partial charge >= 0.3 is 0 Å². The van der Waals surface area contributed by atoms with Gasteiger partial charge in [0.15, 0.2) is 23.0 Å². The quantitative estimate of drug-likeness (QED) is 0.175. The van der Waals surface area contributed by atoms with Gasteiger partial charge in [0.2, 0.25) is 0 Å². The van der Waals surface area contributed by atoms with Crippen LogP contribution in [-0.4, -0.2) is 0 Å². The molecule has 1 heterocycles. The van der Waals surface area contributed by atoms with Crippen LogP contribution in [0.5, 0.6) is 23.0 Å². The first kappa shape index (κ1) is 32.6. The van der Waals surface area contributed by atoms with Gasteiger partial charge in [0, 0.05) is 11.4 Å². The molecule has 58 heavy (non-hydrogen) atoms. The molecule has 0 N–H and O–H groups in total. The van der Waals surface area contributed by atoms with Crippen molar-refractivity contribution >= 4 is 17.1 Å². The molecular weight excluding hydrogens is 707 g/mol. The van der Waals surface area contributed by atoms with Crippen LogP contribution in [0, 0.1) is 0 Å². The van der Waals surface area contributed by atoms with E-state index in [-0.39, 0.29) is 0 Å². The van der Waals surface area contributed by atoms with Gasteiger partial charge in [-0.3, -0.25) is 0 Å². The third-order valence-electron chi connectivity index (χ3n) is 12.2. The molecule has 9 aromatic rings. The summed E-state index contributed by atoms with van der Waals surface area (Å²) in [7, 11) is 0. The summed E-state index contributed by atoms with van der Waals surface area (Å²) in [6.45, 7) is 0. The summed E-state index contributed by atoms with van der Waals surface area (Å²) in [6.07, 6.45) is 0. The van der Waals surface area contributed by atoms with Gasteiger partial charge in [-0.25, -0.2) is 0 Å². The summed E-state index contributed by atoms with van der Waals surface area (Å²) in [4.78, 5) is 2.25. The molecule has 0 fully saturated rings. The van der Waals surface area contributed by atoms with E-state index in [1.54, 1.807) is 0 Å². The minimum Gasteiger partial charge on any atom is -0.449 e. The Hall–Kier alpha value is -7.62. The second-order valence-electron chi connectivity index (χ2n) is 15.2. The smallest absolute Gasteiger partial charge is 0.194 e. The molecule has 0 unspecified atom stereocenters. The molecule has 0 atom stereocenters. The highest BCUT2D eigenvalue weighted by atomic mass is 16.6. The lowest BCUT2D eigenvalue weighted by atomic mass is 9.70. The Bertz CT molecular complexity index is 3000. The maximum absolute atomic E-state index is 7.11. The van der Waals surface area contributed by atoms with Crippen molar-refractivity contribution in [2.24, 2.45) is 0 Å². The largest absolute Gasteiger partial charge is 0.449 e. The Morgan fingerprint density at radius 2 is 0.776 bits per heavy atom. The number of hydrogen-bond acceptors (Lipinski definition) is 3. The maximum atomic E-state index is 7.11. The number of fused-ring (bicyclic) bond motifs is 12. The Kier molecular flexibility index (Phi) is 7.14. The SMILES string of the molecule is c1ccc(-c2ccc(-c3ccc(N(c4ccccc4)c4cccc5c4Oc4cc6c(cc4O5)-c4ccccc4C64c5ccccc5-c5ccccc54)cc3)cc2)cc1. The Morgan fingerprint density at radius 3 is 1.38 bits per heavy atom.